The van der Waals surface area contributed by atoms with Gasteiger partial charge in [-0.1, -0.05) is 63.8 Å². The summed E-state index contributed by atoms with van der Waals surface area (Å²) in [7, 11) is 0. The molecule has 4 rings (SSSR count). The van der Waals surface area contributed by atoms with Crippen LogP contribution >= 0.6 is 0 Å². The van der Waals surface area contributed by atoms with Gasteiger partial charge in [-0.15, -0.1) is 0 Å². The van der Waals surface area contributed by atoms with E-state index in [1.807, 2.05) is 13.0 Å². The van der Waals surface area contributed by atoms with E-state index in [1.54, 1.807) is 0 Å². The van der Waals surface area contributed by atoms with Gasteiger partial charge in [-0.05, 0) is 78.1 Å². The van der Waals surface area contributed by atoms with E-state index in [4.69, 9.17) is 0 Å². The number of anilines is 1. The molecule has 2 heteroatoms. The first kappa shape index (κ1) is 21.2. The minimum Gasteiger partial charge on any atom is -0.384 e. The average molecular weight is 387 g/mol. The number of aryl methyl sites for hydroxylation is 2. The molecule has 0 saturated heterocycles. The monoisotopic (exact) mass is 386 g/mol. The lowest BCUT2D eigenvalue weighted by molar-refractivity contribution is 0.612. The summed E-state index contributed by atoms with van der Waals surface area (Å²) in [5, 5.41) is 12.8. The van der Waals surface area contributed by atoms with Crippen molar-refractivity contribution in [3.8, 4) is 6.07 Å². The zero-order chi connectivity index (χ0) is 20.8. The number of nitrogens with zero attached hydrogens (tertiary/aromatic N) is 1. The minimum atomic E-state index is 0.762. The Hall–Kier alpha value is -2.53. The van der Waals surface area contributed by atoms with Crippen molar-refractivity contribution < 1.29 is 0 Å². The molecule has 29 heavy (non-hydrogen) atoms. The van der Waals surface area contributed by atoms with Crippen LogP contribution in [0.15, 0.2) is 36.4 Å². The highest BCUT2D eigenvalue weighted by atomic mass is 14.9. The van der Waals surface area contributed by atoms with Gasteiger partial charge in [0.15, 0.2) is 0 Å². The van der Waals surface area contributed by atoms with Crippen LogP contribution in [0.25, 0.3) is 5.57 Å². The van der Waals surface area contributed by atoms with Crippen LogP contribution in [-0.4, -0.2) is 6.54 Å². The molecule has 1 heterocycles. The lowest BCUT2D eigenvalue weighted by Crippen LogP contribution is -1.98. The Morgan fingerprint density at radius 3 is 2.52 bits per heavy atom. The summed E-state index contributed by atoms with van der Waals surface area (Å²) in [5.74, 6) is 1.05. The number of allylic oxidation sites excluding steroid dienone is 1. The van der Waals surface area contributed by atoms with Crippen LogP contribution in [0.3, 0.4) is 0 Å². The van der Waals surface area contributed by atoms with Crippen molar-refractivity contribution in [2.45, 2.75) is 66.2 Å². The fraction of sp³-hybridized carbons (Fsp3) is 0.444. The van der Waals surface area contributed by atoms with Crippen LogP contribution < -0.4 is 5.32 Å². The van der Waals surface area contributed by atoms with Crippen LogP contribution in [0, 0.1) is 31.1 Å². The van der Waals surface area contributed by atoms with Crippen LogP contribution in [0.2, 0.25) is 0 Å². The van der Waals surface area contributed by atoms with Gasteiger partial charge in [0.1, 0.15) is 0 Å². The molecule has 0 spiro atoms. The molecule has 0 radical (unpaired) electrons. The first-order valence-electron chi connectivity index (χ1n) is 11.1. The maximum absolute atomic E-state index is 9.39. The summed E-state index contributed by atoms with van der Waals surface area (Å²) < 4.78 is 0. The summed E-state index contributed by atoms with van der Waals surface area (Å²) in [4.78, 5) is 0. The van der Waals surface area contributed by atoms with E-state index < -0.39 is 0 Å². The molecule has 2 aromatic rings. The molecule has 0 aromatic heterocycles. The van der Waals surface area contributed by atoms with Crippen molar-refractivity contribution in [1.82, 2.24) is 0 Å². The number of benzene rings is 2. The molecule has 1 aliphatic heterocycles. The molecule has 2 aromatic carbocycles. The minimum absolute atomic E-state index is 0.762. The summed E-state index contributed by atoms with van der Waals surface area (Å²) in [6, 6.07) is 13.0. The van der Waals surface area contributed by atoms with Gasteiger partial charge in [-0.3, -0.25) is 0 Å². The van der Waals surface area contributed by atoms with Gasteiger partial charge < -0.3 is 5.32 Å². The highest BCUT2D eigenvalue weighted by Gasteiger charge is 2.18. The third kappa shape index (κ3) is 4.91. The van der Waals surface area contributed by atoms with Crippen molar-refractivity contribution in [3.05, 3.63) is 69.8 Å². The maximum Gasteiger partial charge on any atom is 0.0994 e. The van der Waals surface area contributed by atoms with Crippen molar-refractivity contribution in [2.24, 2.45) is 5.92 Å². The molecule has 1 saturated carbocycles. The van der Waals surface area contributed by atoms with Gasteiger partial charge in [-0.2, -0.15) is 5.26 Å². The van der Waals surface area contributed by atoms with E-state index in [0.29, 0.717) is 0 Å². The van der Waals surface area contributed by atoms with Gasteiger partial charge in [0.05, 0.1) is 11.6 Å². The quantitative estimate of drug-likeness (QED) is 0.606. The van der Waals surface area contributed by atoms with E-state index in [2.05, 4.69) is 62.5 Å². The Kier molecular flexibility index (Phi) is 7.15. The van der Waals surface area contributed by atoms with Crippen molar-refractivity contribution in [1.29, 1.82) is 5.26 Å². The average Bonchev–Trinajstić information content (AvgIpc) is 3.38. The zero-order valence-electron chi connectivity index (χ0n) is 18.4. The zero-order valence-corrected chi connectivity index (χ0v) is 18.4. The number of hydrogen-bond acceptors (Lipinski definition) is 2. The van der Waals surface area contributed by atoms with Crippen LogP contribution in [0.5, 0.6) is 0 Å². The highest BCUT2D eigenvalue weighted by molar-refractivity contribution is 5.86. The molecule has 1 fully saturated rings. The standard InChI is InChI=1S/C21H22N2.C6H12/c1-4-6-17(18-7-5-8-21-19(18)9-10-23-21)20-12-16(13-22)14(2)11-15(20)3;1-6-4-2-3-5-6/h5-8,11-12,23H,4,9-10H2,1-3H3;6H,2-5H2,1H3/b17-6-;. The van der Waals surface area contributed by atoms with Gasteiger partial charge in [-0.25, -0.2) is 0 Å². The molecular formula is C27H34N2. The van der Waals surface area contributed by atoms with Crippen LogP contribution in [-0.2, 0) is 6.42 Å². The molecule has 2 nitrogen and oxygen atoms in total. The Morgan fingerprint density at radius 2 is 1.90 bits per heavy atom. The fourth-order valence-corrected chi connectivity index (χ4v) is 4.56. The molecule has 1 N–H and O–H groups in total. The van der Waals surface area contributed by atoms with Crippen molar-refractivity contribution in [3.63, 3.8) is 0 Å². The number of nitriles is 1. The second kappa shape index (κ2) is 9.79. The molecule has 2 aliphatic rings. The Labute approximate surface area is 176 Å². The molecule has 0 unspecified atom stereocenters. The van der Waals surface area contributed by atoms with Crippen LogP contribution in [0.4, 0.5) is 5.69 Å². The lowest BCUT2D eigenvalue weighted by atomic mass is 9.88. The largest absolute Gasteiger partial charge is 0.384 e. The van der Waals surface area contributed by atoms with Gasteiger partial charge in [0.2, 0.25) is 0 Å². The normalized spacial score (nSPS) is 15.9. The summed E-state index contributed by atoms with van der Waals surface area (Å²) >= 11 is 0. The maximum atomic E-state index is 9.39. The van der Waals surface area contributed by atoms with Crippen LogP contribution in [0.1, 0.15) is 79.3 Å². The SMILES string of the molecule is CC/C=C(\c1cc(C#N)c(C)cc1C)c1cccc2c1CCN2.CC1CCCC1. The molecule has 1 aliphatic carbocycles. The first-order valence-corrected chi connectivity index (χ1v) is 11.1. The second-order valence-corrected chi connectivity index (χ2v) is 8.52. The van der Waals surface area contributed by atoms with E-state index in [9.17, 15) is 5.26 Å². The van der Waals surface area contributed by atoms with Gasteiger partial charge in [0, 0.05) is 12.2 Å². The van der Waals surface area contributed by atoms with Gasteiger partial charge in [0.25, 0.3) is 0 Å². The fourth-order valence-electron chi connectivity index (χ4n) is 4.56. The molecule has 152 valence electrons. The van der Waals surface area contributed by atoms with E-state index in [-0.39, 0.29) is 0 Å². The molecule has 0 amide bonds. The van der Waals surface area contributed by atoms with Crippen molar-refractivity contribution in [2.75, 3.05) is 11.9 Å². The predicted octanol–water partition coefficient (Wildman–Crippen LogP) is 7.18. The topological polar surface area (TPSA) is 35.8 Å². The Bertz CT molecular complexity index is 924. The smallest absolute Gasteiger partial charge is 0.0994 e. The van der Waals surface area contributed by atoms with E-state index in [0.717, 1.165) is 36.4 Å². The van der Waals surface area contributed by atoms with E-state index in [1.165, 1.54) is 59.2 Å². The van der Waals surface area contributed by atoms with E-state index >= 15 is 0 Å². The molecular weight excluding hydrogens is 352 g/mol. The number of nitrogens with one attached hydrogen (secondary N) is 1. The summed E-state index contributed by atoms with van der Waals surface area (Å²) in [5.41, 5.74) is 9.40. The van der Waals surface area contributed by atoms with Gasteiger partial charge >= 0.3 is 0 Å². The number of fused-ring (bicyclic) bond motifs is 1. The molecule has 0 atom stereocenters. The summed E-state index contributed by atoms with van der Waals surface area (Å²) in [6.45, 7) is 9.64. The third-order valence-corrected chi connectivity index (χ3v) is 6.19. The lowest BCUT2D eigenvalue weighted by Gasteiger charge is -2.16. The Balaban J connectivity index is 0.000000343. The second-order valence-electron chi connectivity index (χ2n) is 8.52. The number of rotatable bonds is 3. The van der Waals surface area contributed by atoms with Crippen molar-refractivity contribution >= 4 is 11.3 Å². The molecule has 0 bridgehead atoms. The highest BCUT2D eigenvalue weighted by Crippen LogP contribution is 2.35. The predicted molar refractivity (Wildman–Crippen MR) is 124 cm³/mol. The Morgan fingerprint density at radius 1 is 1.14 bits per heavy atom. The summed E-state index contributed by atoms with van der Waals surface area (Å²) in [6.07, 6.45) is 10.3. The first-order chi connectivity index (χ1) is 14.0. The third-order valence-electron chi connectivity index (χ3n) is 6.19. The number of hydrogen-bond donors (Lipinski definition) is 1.